The lowest BCUT2D eigenvalue weighted by Crippen LogP contribution is -2.58. The summed E-state index contributed by atoms with van der Waals surface area (Å²) in [5.74, 6) is -4.20. The van der Waals surface area contributed by atoms with Crippen LogP contribution in [0.3, 0.4) is 0 Å². The van der Waals surface area contributed by atoms with Crippen molar-refractivity contribution in [1.82, 2.24) is 19.8 Å². The second kappa shape index (κ2) is 13.3. The molecule has 4 rings (SSSR count). The average molecular weight is 609 g/mol. The predicted octanol–water partition coefficient (Wildman–Crippen LogP) is 3.57. The molecule has 3 aromatic rings. The fourth-order valence-corrected chi connectivity index (χ4v) is 4.62. The predicted molar refractivity (Wildman–Crippen MR) is 159 cm³/mol. The lowest BCUT2D eigenvalue weighted by atomic mass is 9.96. The van der Waals surface area contributed by atoms with Crippen molar-refractivity contribution >= 4 is 17.6 Å². The summed E-state index contributed by atoms with van der Waals surface area (Å²) < 4.78 is 39.5. The first-order valence-electron chi connectivity index (χ1n) is 13.9. The van der Waals surface area contributed by atoms with Gasteiger partial charge in [0.1, 0.15) is 11.4 Å². The number of hydrogen-bond acceptors (Lipinski definition) is 8. The number of aryl methyl sites for hydroxylation is 1. The van der Waals surface area contributed by atoms with Gasteiger partial charge in [-0.1, -0.05) is 6.07 Å². The maximum atomic E-state index is 13.6. The van der Waals surface area contributed by atoms with Crippen molar-refractivity contribution in [2.45, 2.75) is 45.4 Å². The number of nitrogens with zero attached hydrogens (tertiary/aromatic N) is 4. The van der Waals surface area contributed by atoms with Crippen molar-refractivity contribution in [3.8, 4) is 23.1 Å². The number of benzene rings is 1. The number of carbonyl (C=O) groups excluding carboxylic acids is 2. The van der Waals surface area contributed by atoms with E-state index in [1.165, 1.54) is 34.9 Å². The van der Waals surface area contributed by atoms with Crippen LogP contribution in [-0.2, 0) is 18.3 Å². The number of alkyl halides is 2. The number of amides is 2. The number of pyridine rings is 2. The molecule has 2 aromatic heterocycles. The zero-order chi connectivity index (χ0) is 32.2. The van der Waals surface area contributed by atoms with Gasteiger partial charge in [-0.3, -0.25) is 14.4 Å². The van der Waals surface area contributed by atoms with Gasteiger partial charge in [0.2, 0.25) is 5.88 Å². The summed E-state index contributed by atoms with van der Waals surface area (Å²) in [7, 11) is 3.15. The summed E-state index contributed by atoms with van der Waals surface area (Å²) >= 11 is 0. The molecule has 44 heavy (non-hydrogen) atoms. The number of likely N-dealkylation sites (tertiary alicyclic amines) is 1. The maximum Gasteiger partial charge on any atom is 0.282 e. The molecule has 1 aliphatic heterocycles. The molecule has 1 aliphatic rings. The molecule has 3 heterocycles. The largest absolute Gasteiger partial charge is 0.475 e. The van der Waals surface area contributed by atoms with E-state index in [-0.39, 0.29) is 40.6 Å². The van der Waals surface area contributed by atoms with Crippen molar-refractivity contribution in [2.75, 3.05) is 32.1 Å². The SMILES string of the molecule is CO[C@@H](C)CNCc1cc(C(=O)Nc2cc(-c3ccc(C#N)cc3C(=O)N3CC(F)(F)C3)cc(OC(C)C)n2)c(=O)n(C)c1. The van der Waals surface area contributed by atoms with Crippen LogP contribution in [0.2, 0.25) is 0 Å². The van der Waals surface area contributed by atoms with E-state index in [1.807, 2.05) is 13.0 Å². The number of rotatable bonds is 11. The monoisotopic (exact) mass is 608 g/mol. The average Bonchev–Trinajstić information content (AvgIpc) is 2.96. The molecule has 2 N–H and O–H groups in total. The number of nitrogens with one attached hydrogen (secondary N) is 2. The molecule has 1 atom stereocenters. The maximum absolute atomic E-state index is 13.6. The molecule has 11 nitrogen and oxygen atoms in total. The van der Waals surface area contributed by atoms with Gasteiger partial charge in [0.25, 0.3) is 23.3 Å². The second-order valence-electron chi connectivity index (χ2n) is 10.9. The Bertz CT molecular complexity index is 1660. The zero-order valence-electron chi connectivity index (χ0n) is 25.1. The minimum Gasteiger partial charge on any atom is -0.475 e. The van der Waals surface area contributed by atoms with Gasteiger partial charge in [-0.05, 0) is 61.7 Å². The number of carbonyl (C=O) groups is 2. The molecule has 1 saturated heterocycles. The van der Waals surface area contributed by atoms with Gasteiger partial charge in [-0.2, -0.15) is 10.2 Å². The first-order chi connectivity index (χ1) is 20.8. The van der Waals surface area contributed by atoms with E-state index in [0.29, 0.717) is 29.8 Å². The normalized spacial score (nSPS) is 14.5. The number of hydrogen-bond donors (Lipinski definition) is 2. The summed E-state index contributed by atoms with van der Waals surface area (Å²) in [4.78, 5) is 44.9. The summed E-state index contributed by atoms with van der Waals surface area (Å²) in [5.41, 5.74) is 0.983. The van der Waals surface area contributed by atoms with Gasteiger partial charge in [-0.15, -0.1) is 0 Å². The Labute approximate surface area is 253 Å². The van der Waals surface area contributed by atoms with Crippen LogP contribution in [0.4, 0.5) is 14.6 Å². The van der Waals surface area contributed by atoms with Crippen LogP contribution in [0.25, 0.3) is 11.1 Å². The standard InChI is InChI=1S/C31H34F2N6O5/c1-18(2)44-27-11-22(23-7-6-20(12-34)8-24(23)30(42)39-16-31(32,33)17-39)10-26(36-27)37-28(40)25-9-21(15-38(4)29(25)41)14-35-13-19(3)43-5/h6-11,15,18-19,35H,13-14,16-17H2,1-5H3,(H,36,37,40)/t19-/m0/s1. The summed E-state index contributed by atoms with van der Waals surface area (Å²) in [6, 6.07) is 10.9. The lowest BCUT2D eigenvalue weighted by molar-refractivity contribution is -0.113. The molecule has 0 unspecified atom stereocenters. The minimum atomic E-state index is -2.97. The summed E-state index contributed by atoms with van der Waals surface area (Å²) in [5, 5.41) is 15.3. The third-order valence-corrected chi connectivity index (χ3v) is 6.87. The van der Waals surface area contributed by atoms with E-state index in [9.17, 15) is 28.4 Å². The van der Waals surface area contributed by atoms with Crippen molar-refractivity contribution in [1.29, 1.82) is 5.26 Å². The van der Waals surface area contributed by atoms with E-state index in [4.69, 9.17) is 9.47 Å². The highest BCUT2D eigenvalue weighted by Crippen LogP contribution is 2.34. The molecule has 2 amide bonds. The van der Waals surface area contributed by atoms with E-state index >= 15 is 0 Å². The molecule has 0 spiro atoms. The Morgan fingerprint density at radius 3 is 2.50 bits per heavy atom. The molecule has 0 radical (unpaired) electrons. The quantitative estimate of drug-likeness (QED) is 0.337. The number of ether oxygens (including phenoxy) is 2. The van der Waals surface area contributed by atoms with Crippen molar-refractivity contribution < 1.29 is 27.8 Å². The van der Waals surface area contributed by atoms with Gasteiger partial charge in [0.05, 0.1) is 36.9 Å². The Balaban J connectivity index is 1.69. The number of aromatic nitrogens is 2. The third-order valence-electron chi connectivity index (χ3n) is 6.87. The third kappa shape index (κ3) is 7.64. The Hall–Kier alpha value is -4.67. The molecule has 0 aliphatic carbocycles. The molecular formula is C31H34F2N6O5. The highest BCUT2D eigenvalue weighted by molar-refractivity contribution is 6.05. The summed E-state index contributed by atoms with van der Waals surface area (Å²) in [6.07, 6.45) is 1.31. The highest BCUT2D eigenvalue weighted by atomic mass is 19.3. The lowest BCUT2D eigenvalue weighted by Gasteiger charge is -2.39. The van der Waals surface area contributed by atoms with E-state index in [1.54, 1.807) is 40.3 Å². The van der Waals surface area contributed by atoms with Crippen molar-refractivity contribution in [3.63, 3.8) is 0 Å². The summed E-state index contributed by atoms with van der Waals surface area (Å²) in [6.45, 7) is 4.97. The first-order valence-corrected chi connectivity index (χ1v) is 13.9. The zero-order valence-corrected chi connectivity index (χ0v) is 25.1. The molecule has 13 heteroatoms. The van der Waals surface area contributed by atoms with Crippen LogP contribution < -0.4 is 20.9 Å². The van der Waals surface area contributed by atoms with Crippen LogP contribution in [0.15, 0.2) is 47.4 Å². The van der Waals surface area contributed by atoms with Crippen LogP contribution in [0, 0.1) is 11.3 Å². The minimum absolute atomic E-state index is 0.0235. The van der Waals surface area contributed by atoms with Gasteiger partial charge in [0, 0.05) is 45.1 Å². The van der Waals surface area contributed by atoms with Crippen LogP contribution in [0.5, 0.6) is 5.88 Å². The fraction of sp³-hybridized carbons (Fsp3) is 0.387. The Kier molecular flexibility index (Phi) is 9.76. The Morgan fingerprint density at radius 1 is 1.14 bits per heavy atom. The molecule has 0 saturated carbocycles. The van der Waals surface area contributed by atoms with Gasteiger partial charge < -0.3 is 29.6 Å². The van der Waals surface area contributed by atoms with Crippen LogP contribution in [0.1, 0.15) is 52.6 Å². The van der Waals surface area contributed by atoms with Gasteiger partial charge in [0.15, 0.2) is 0 Å². The van der Waals surface area contributed by atoms with Crippen LogP contribution >= 0.6 is 0 Å². The molecule has 1 aromatic carbocycles. The molecule has 232 valence electrons. The number of halogens is 2. The van der Waals surface area contributed by atoms with Gasteiger partial charge in [-0.25, -0.2) is 8.78 Å². The van der Waals surface area contributed by atoms with E-state index in [0.717, 1.165) is 4.90 Å². The molecule has 1 fully saturated rings. The Morgan fingerprint density at radius 2 is 1.86 bits per heavy atom. The smallest absolute Gasteiger partial charge is 0.282 e. The fourth-order valence-electron chi connectivity index (χ4n) is 4.62. The van der Waals surface area contributed by atoms with Crippen molar-refractivity contribution in [2.24, 2.45) is 7.05 Å². The highest BCUT2D eigenvalue weighted by Gasteiger charge is 2.46. The molecule has 0 bridgehead atoms. The molecular weight excluding hydrogens is 574 g/mol. The van der Waals surface area contributed by atoms with E-state index in [2.05, 4.69) is 15.6 Å². The topological polar surface area (TPSA) is 139 Å². The van der Waals surface area contributed by atoms with Crippen molar-refractivity contribution in [3.05, 3.63) is 75.2 Å². The van der Waals surface area contributed by atoms with E-state index < -0.39 is 36.4 Å². The van der Waals surface area contributed by atoms with Gasteiger partial charge >= 0.3 is 0 Å². The number of anilines is 1. The second-order valence-corrected chi connectivity index (χ2v) is 10.9. The van der Waals surface area contributed by atoms with Crippen LogP contribution in [-0.4, -0.2) is 71.1 Å². The number of nitriles is 1. The first kappa shape index (κ1) is 32.2. The number of methoxy groups -OCH3 is 1.